The van der Waals surface area contributed by atoms with E-state index in [9.17, 15) is 19.3 Å². The van der Waals surface area contributed by atoms with Crippen LogP contribution in [0.2, 0.25) is 0 Å². The number of carbonyl (C=O) groups excluding carboxylic acids is 1. The average molecular weight is 410 g/mol. The molecule has 0 N–H and O–H groups in total. The van der Waals surface area contributed by atoms with Crippen molar-refractivity contribution in [2.24, 2.45) is 0 Å². The lowest BCUT2D eigenvalue weighted by atomic mass is 10.2. The molecule has 4 rings (SSSR count). The summed E-state index contributed by atoms with van der Waals surface area (Å²) >= 11 is 0. The molecule has 1 aromatic heterocycles. The zero-order chi connectivity index (χ0) is 21.1. The van der Waals surface area contributed by atoms with Crippen molar-refractivity contribution in [3.05, 3.63) is 70.8 Å². The number of non-ortho nitro benzene ring substituents is 1. The molecule has 3 aromatic rings. The van der Waals surface area contributed by atoms with Crippen molar-refractivity contribution in [2.75, 3.05) is 31.1 Å². The van der Waals surface area contributed by atoms with Crippen LogP contribution < -0.4 is 4.90 Å². The van der Waals surface area contributed by atoms with Crippen LogP contribution in [0.5, 0.6) is 0 Å². The molecule has 1 fully saturated rings. The number of anilines is 1. The number of carbonyl (C=O) groups is 1. The van der Waals surface area contributed by atoms with Crippen LogP contribution in [0, 0.1) is 15.9 Å². The molecule has 0 saturated carbocycles. The molecule has 30 heavy (non-hydrogen) atoms. The van der Waals surface area contributed by atoms with Crippen molar-refractivity contribution in [3.8, 4) is 11.4 Å². The van der Waals surface area contributed by atoms with E-state index < -0.39 is 4.92 Å². The third-order valence-electron chi connectivity index (χ3n) is 4.97. The number of hydrogen-bond acceptors (Lipinski definition) is 6. The van der Waals surface area contributed by atoms with Gasteiger partial charge < -0.3 is 9.80 Å². The van der Waals surface area contributed by atoms with Crippen LogP contribution in [-0.2, 0) is 11.3 Å². The molecule has 2 aromatic carbocycles. The minimum Gasteiger partial charge on any atom is -0.368 e. The van der Waals surface area contributed by atoms with Crippen molar-refractivity contribution >= 4 is 17.3 Å². The highest BCUT2D eigenvalue weighted by molar-refractivity contribution is 5.76. The predicted molar refractivity (Wildman–Crippen MR) is 107 cm³/mol. The summed E-state index contributed by atoms with van der Waals surface area (Å²) in [7, 11) is 0. The van der Waals surface area contributed by atoms with E-state index in [4.69, 9.17) is 0 Å². The van der Waals surface area contributed by atoms with Gasteiger partial charge in [0.25, 0.3) is 5.69 Å². The van der Waals surface area contributed by atoms with Crippen LogP contribution in [0.15, 0.2) is 54.9 Å². The van der Waals surface area contributed by atoms with Gasteiger partial charge in [-0.05, 0) is 24.3 Å². The molecule has 2 heterocycles. The first kappa shape index (κ1) is 19.5. The lowest BCUT2D eigenvalue weighted by Crippen LogP contribution is -2.49. The van der Waals surface area contributed by atoms with Crippen molar-refractivity contribution in [1.29, 1.82) is 0 Å². The maximum absolute atomic E-state index is 13.1. The highest BCUT2D eigenvalue weighted by atomic mass is 19.1. The SMILES string of the molecule is O=C(Cn1cnc(-c2cccc([N+](=O)[O-])c2)n1)N1CCN(c2ccc(F)cc2)CC1. The molecule has 154 valence electrons. The Morgan fingerprint density at radius 3 is 2.53 bits per heavy atom. The zero-order valence-electron chi connectivity index (χ0n) is 16.0. The maximum atomic E-state index is 13.1. The van der Waals surface area contributed by atoms with Crippen LogP contribution in [0.25, 0.3) is 11.4 Å². The number of piperazine rings is 1. The van der Waals surface area contributed by atoms with E-state index in [0.717, 1.165) is 5.69 Å². The first-order valence-electron chi connectivity index (χ1n) is 9.42. The number of nitro benzene ring substituents is 1. The van der Waals surface area contributed by atoms with Gasteiger partial charge in [-0.15, -0.1) is 0 Å². The smallest absolute Gasteiger partial charge is 0.270 e. The lowest BCUT2D eigenvalue weighted by molar-refractivity contribution is -0.384. The Labute approximate surface area is 171 Å². The average Bonchev–Trinajstić information content (AvgIpc) is 3.23. The van der Waals surface area contributed by atoms with E-state index in [-0.39, 0.29) is 24.0 Å². The van der Waals surface area contributed by atoms with Gasteiger partial charge in [0.1, 0.15) is 18.7 Å². The fraction of sp³-hybridized carbons (Fsp3) is 0.250. The van der Waals surface area contributed by atoms with Crippen molar-refractivity contribution < 1.29 is 14.1 Å². The normalized spacial score (nSPS) is 14.0. The second-order valence-corrected chi connectivity index (χ2v) is 6.92. The third kappa shape index (κ3) is 4.27. The van der Waals surface area contributed by atoms with Crippen LogP contribution in [-0.4, -0.2) is 56.7 Å². The summed E-state index contributed by atoms with van der Waals surface area (Å²) in [5, 5.41) is 15.2. The van der Waals surface area contributed by atoms with Gasteiger partial charge >= 0.3 is 0 Å². The molecule has 0 bridgehead atoms. The minimum atomic E-state index is -0.477. The minimum absolute atomic E-state index is 0.0402. The summed E-state index contributed by atoms with van der Waals surface area (Å²) < 4.78 is 14.5. The number of nitro groups is 1. The van der Waals surface area contributed by atoms with Crippen LogP contribution in [0.4, 0.5) is 15.8 Å². The Bertz CT molecular complexity index is 1060. The second kappa shape index (κ2) is 8.27. The Kier molecular flexibility index (Phi) is 5.38. The van der Waals surface area contributed by atoms with Crippen LogP contribution >= 0.6 is 0 Å². The van der Waals surface area contributed by atoms with Gasteiger partial charge in [-0.3, -0.25) is 14.9 Å². The van der Waals surface area contributed by atoms with Crippen LogP contribution in [0.3, 0.4) is 0 Å². The third-order valence-corrected chi connectivity index (χ3v) is 4.97. The van der Waals surface area contributed by atoms with Gasteiger partial charge in [-0.25, -0.2) is 14.1 Å². The molecule has 1 saturated heterocycles. The lowest BCUT2D eigenvalue weighted by Gasteiger charge is -2.36. The van der Waals surface area contributed by atoms with E-state index in [0.29, 0.717) is 37.6 Å². The Morgan fingerprint density at radius 2 is 1.83 bits per heavy atom. The summed E-state index contributed by atoms with van der Waals surface area (Å²) in [6, 6.07) is 12.4. The zero-order valence-corrected chi connectivity index (χ0v) is 16.0. The van der Waals surface area contributed by atoms with Crippen molar-refractivity contribution in [3.63, 3.8) is 0 Å². The topological polar surface area (TPSA) is 97.4 Å². The first-order valence-corrected chi connectivity index (χ1v) is 9.42. The summed E-state index contributed by atoms with van der Waals surface area (Å²) in [5.74, 6) is -0.0262. The molecule has 9 nitrogen and oxygen atoms in total. The molecule has 1 aliphatic rings. The molecule has 0 radical (unpaired) electrons. The molecule has 1 amide bonds. The molecule has 1 aliphatic heterocycles. The molecular formula is C20H19FN6O3. The number of halogens is 1. The molecule has 0 aliphatic carbocycles. The maximum Gasteiger partial charge on any atom is 0.270 e. The molecule has 0 atom stereocenters. The molecule has 0 spiro atoms. The van der Waals surface area contributed by atoms with E-state index in [2.05, 4.69) is 15.0 Å². The molecule has 0 unspecified atom stereocenters. The van der Waals surface area contributed by atoms with Crippen LogP contribution in [0.1, 0.15) is 0 Å². The second-order valence-electron chi connectivity index (χ2n) is 6.92. The number of aromatic nitrogens is 3. The number of benzene rings is 2. The van der Waals surface area contributed by atoms with E-state index in [1.807, 2.05) is 0 Å². The molecule has 10 heteroatoms. The van der Waals surface area contributed by atoms with Gasteiger partial charge in [-0.1, -0.05) is 12.1 Å². The summed E-state index contributed by atoms with van der Waals surface area (Å²) in [5.41, 5.74) is 1.41. The highest BCUT2D eigenvalue weighted by Gasteiger charge is 2.22. The van der Waals surface area contributed by atoms with Gasteiger partial charge in [0, 0.05) is 49.6 Å². The number of rotatable bonds is 5. The van der Waals surface area contributed by atoms with Gasteiger partial charge in [0.05, 0.1) is 4.92 Å². The Morgan fingerprint density at radius 1 is 1.10 bits per heavy atom. The standard InChI is InChI=1S/C20H19FN6O3/c21-16-4-6-17(7-5-16)24-8-10-25(11-9-24)19(28)13-26-14-22-20(23-26)15-2-1-3-18(12-15)27(29)30/h1-7,12,14H,8-11,13H2. The van der Waals surface area contributed by atoms with E-state index >= 15 is 0 Å². The fourth-order valence-electron chi connectivity index (χ4n) is 3.37. The summed E-state index contributed by atoms with van der Waals surface area (Å²) in [6.07, 6.45) is 1.45. The first-order chi connectivity index (χ1) is 14.5. The van der Waals surface area contributed by atoms with E-state index in [1.54, 1.807) is 29.2 Å². The monoisotopic (exact) mass is 410 g/mol. The van der Waals surface area contributed by atoms with Gasteiger partial charge in [0.2, 0.25) is 5.91 Å². The number of hydrogen-bond donors (Lipinski definition) is 0. The number of amides is 1. The summed E-state index contributed by atoms with van der Waals surface area (Å²) in [4.78, 5) is 31.1. The Balaban J connectivity index is 1.35. The quantitative estimate of drug-likeness (QED) is 0.473. The number of nitrogens with zero attached hydrogens (tertiary/aromatic N) is 6. The van der Waals surface area contributed by atoms with E-state index in [1.165, 1.54) is 35.3 Å². The predicted octanol–water partition coefficient (Wildman–Crippen LogP) is 2.34. The van der Waals surface area contributed by atoms with Crippen molar-refractivity contribution in [2.45, 2.75) is 6.54 Å². The largest absolute Gasteiger partial charge is 0.368 e. The van der Waals surface area contributed by atoms with Gasteiger partial charge in [0.15, 0.2) is 5.82 Å². The Hall–Kier alpha value is -3.82. The summed E-state index contributed by atoms with van der Waals surface area (Å²) in [6.45, 7) is 2.48. The fourth-order valence-corrected chi connectivity index (χ4v) is 3.37. The van der Waals surface area contributed by atoms with Gasteiger partial charge in [-0.2, -0.15) is 5.10 Å². The highest BCUT2D eigenvalue weighted by Crippen LogP contribution is 2.21. The van der Waals surface area contributed by atoms with Crippen molar-refractivity contribution in [1.82, 2.24) is 19.7 Å². The molecular weight excluding hydrogens is 391 g/mol.